The second-order valence-corrected chi connectivity index (χ2v) is 7.16. The van der Waals surface area contributed by atoms with E-state index < -0.39 is 0 Å². The summed E-state index contributed by atoms with van der Waals surface area (Å²) in [7, 11) is 3.18. The van der Waals surface area contributed by atoms with Crippen LogP contribution < -0.4 is 14.8 Å². The molecule has 2 aliphatic rings. The van der Waals surface area contributed by atoms with E-state index in [9.17, 15) is 4.79 Å². The largest absolute Gasteiger partial charge is 0.497 e. The molecule has 27 heavy (non-hydrogen) atoms. The second-order valence-electron chi connectivity index (χ2n) is 7.16. The minimum atomic E-state index is -0.197. The van der Waals surface area contributed by atoms with Crippen LogP contribution in [-0.4, -0.2) is 55.4 Å². The molecule has 0 radical (unpaired) electrons. The fraction of sp³-hybridized carbons (Fsp3) is 0.500. The molecule has 144 valence electrons. The van der Waals surface area contributed by atoms with Crippen LogP contribution in [0.2, 0.25) is 0 Å². The van der Waals surface area contributed by atoms with Gasteiger partial charge in [-0.05, 0) is 43.9 Å². The van der Waals surface area contributed by atoms with Crippen molar-refractivity contribution >= 4 is 5.91 Å². The molecule has 1 amide bonds. The first-order chi connectivity index (χ1) is 13.2. The number of methoxy groups -OCH3 is 2. The third-order valence-electron chi connectivity index (χ3n) is 5.34. The molecule has 1 aromatic heterocycles. The van der Waals surface area contributed by atoms with Gasteiger partial charge in [0.15, 0.2) is 11.5 Å². The SMILES string of the molecule is COc1ccc(OC)c(-c2cc(C(=O)NC3CCN(C4CC4)CC3)no2)c1. The highest BCUT2D eigenvalue weighted by Gasteiger charge is 2.32. The lowest BCUT2D eigenvalue weighted by Crippen LogP contribution is -2.45. The van der Waals surface area contributed by atoms with Crippen molar-refractivity contribution in [2.45, 2.75) is 37.8 Å². The molecule has 1 saturated carbocycles. The van der Waals surface area contributed by atoms with Crippen molar-refractivity contribution in [2.24, 2.45) is 0 Å². The number of amides is 1. The first-order valence-corrected chi connectivity index (χ1v) is 9.42. The van der Waals surface area contributed by atoms with Crippen LogP contribution in [0.1, 0.15) is 36.2 Å². The second kappa shape index (κ2) is 7.60. The molecule has 0 unspecified atom stereocenters. The predicted molar refractivity (Wildman–Crippen MR) is 100 cm³/mol. The molecule has 7 heteroatoms. The third-order valence-corrected chi connectivity index (χ3v) is 5.34. The van der Waals surface area contributed by atoms with Gasteiger partial charge in [0, 0.05) is 31.2 Å². The van der Waals surface area contributed by atoms with E-state index in [0.29, 0.717) is 22.8 Å². The van der Waals surface area contributed by atoms with Crippen LogP contribution in [0.3, 0.4) is 0 Å². The minimum Gasteiger partial charge on any atom is -0.497 e. The number of hydrogen-bond donors (Lipinski definition) is 1. The molecule has 1 aliphatic carbocycles. The Bertz CT molecular complexity index is 807. The lowest BCUT2D eigenvalue weighted by atomic mass is 10.0. The summed E-state index contributed by atoms with van der Waals surface area (Å²) in [5.74, 6) is 1.58. The number of nitrogens with zero attached hydrogens (tertiary/aromatic N) is 2. The van der Waals surface area contributed by atoms with Crippen LogP contribution in [0.15, 0.2) is 28.8 Å². The number of carbonyl (C=O) groups is 1. The molecular formula is C20H25N3O4. The molecule has 2 heterocycles. The van der Waals surface area contributed by atoms with Crippen LogP contribution in [-0.2, 0) is 0 Å². The number of nitrogens with one attached hydrogen (secondary N) is 1. The van der Waals surface area contributed by atoms with Gasteiger partial charge in [-0.2, -0.15) is 0 Å². The quantitative estimate of drug-likeness (QED) is 0.841. The number of hydrogen-bond acceptors (Lipinski definition) is 6. The Balaban J connectivity index is 1.42. The van der Waals surface area contributed by atoms with Gasteiger partial charge in [-0.1, -0.05) is 5.16 Å². The smallest absolute Gasteiger partial charge is 0.273 e. The Morgan fingerprint density at radius 2 is 1.93 bits per heavy atom. The Morgan fingerprint density at radius 1 is 1.15 bits per heavy atom. The summed E-state index contributed by atoms with van der Waals surface area (Å²) in [5.41, 5.74) is 0.973. The molecule has 1 aromatic carbocycles. The monoisotopic (exact) mass is 371 g/mol. The van der Waals surface area contributed by atoms with Gasteiger partial charge < -0.3 is 24.2 Å². The van der Waals surface area contributed by atoms with Crippen LogP contribution in [0.5, 0.6) is 11.5 Å². The third kappa shape index (κ3) is 3.93. The summed E-state index contributed by atoms with van der Waals surface area (Å²) in [4.78, 5) is 15.1. The molecule has 1 saturated heterocycles. The van der Waals surface area contributed by atoms with E-state index in [0.717, 1.165) is 32.0 Å². The van der Waals surface area contributed by atoms with Gasteiger partial charge in [-0.15, -0.1) is 0 Å². The molecular weight excluding hydrogens is 346 g/mol. The maximum atomic E-state index is 12.6. The number of carbonyl (C=O) groups excluding carboxylic acids is 1. The van der Waals surface area contributed by atoms with Crippen molar-refractivity contribution in [1.29, 1.82) is 0 Å². The van der Waals surface area contributed by atoms with Crippen LogP contribution in [0, 0.1) is 0 Å². The minimum absolute atomic E-state index is 0.194. The summed E-state index contributed by atoms with van der Waals surface area (Å²) < 4.78 is 16.0. The van der Waals surface area contributed by atoms with Crippen molar-refractivity contribution < 1.29 is 18.8 Å². The van der Waals surface area contributed by atoms with Gasteiger partial charge in [-0.3, -0.25) is 4.79 Å². The van der Waals surface area contributed by atoms with E-state index in [1.807, 2.05) is 0 Å². The highest BCUT2D eigenvalue weighted by atomic mass is 16.5. The maximum absolute atomic E-state index is 12.6. The molecule has 1 N–H and O–H groups in total. The molecule has 2 fully saturated rings. The van der Waals surface area contributed by atoms with Gasteiger partial charge in [0.1, 0.15) is 11.5 Å². The number of ether oxygens (including phenoxy) is 2. The lowest BCUT2D eigenvalue weighted by molar-refractivity contribution is 0.0900. The van der Waals surface area contributed by atoms with Gasteiger partial charge in [-0.25, -0.2) is 0 Å². The van der Waals surface area contributed by atoms with Gasteiger partial charge in [0.25, 0.3) is 5.91 Å². The number of benzene rings is 1. The van der Waals surface area contributed by atoms with E-state index in [4.69, 9.17) is 14.0 Å². The summed E-state index contributed by atoms with van der Waals surface area (Å²) in [5, 5.41) is 7.04. The van der Waals surface area contributed by atoms with Crippen molar-refractivity contribution in [3.8, 4) is 22.8 Å². The number of piperidine rings is 1. The van der Waals surface area contributed by atoms with Crippen molar-refractivity contribution in [3.05, 3.63) is 30.0 Å². The Labute approximate surface area is 158 Å². The zero-order valence-corrected chi connectivity index (χ0v) is 15.7. The van der Waals surface area contributed by atoms with E-state index in [1.165, 1.54) is 12.8 Å². The average Bonchev–Trinajstić information content (AvgIpc) is 3.44. The first kappa shape index (κ1) is 17.9. The number of rotatable bonds is 6. The first-order valence-electron chi connectivity index (χ1n) is 9.42. The van der Waals surface area contributed by atoms with Crippen molar-refractivity contribution in [2.75, 3.05) is 27.3 Å². The van der Waals surface area contributed by atoms with Crippen molar-refractivity contribution in [3.63, 3.8) is 0 Å². The summed E-state index contributed by atoms with van der Waals surface area (Å²) in [6.45, 7) is 2.11. The Morgan fingerprint density at radius 3 is 2.59 bits per heavy atom. The van der Waals surface area contributed by atoms with E-state index in [-0.39, 0.29) is 17.6 Å². The van der Waals surface area contributed by atoms with Crippen LogP contribution >= 0.6 is 0 Å². The summed E-state index contributed by atoms with van der Waals surface area (Å²) in [6.07, 6.45) is 4.62. The van der Waals surface area contributed by atoms with Gasteiger partial charge >= 0.3 is 0 Å². The van der Waals surface area contributed by atoms with Gasteiger partial charge in [0.05, 0.1) is 19.8 Å². The lowest BCUT2D eigenvalue weighted by Gasteiger charge is -2.32. The van der Waals surface area contributed by atoms with E-state index in [1.54, 1.807) is 38.5 Å². The van der Waals surface area contributed by atoms with E-state index in [2.05, 4.69) is 15.4 Å². The standard InChI is InChI=1S/C20H25N3O4/c1-25-15-5-6-18(26-2)16(11-15)19-12-17(22-27-19)20(24)21-13-7-9-23(10-8-13)14-3-4-14/h5-6,11-14H,3-4,7-10H2,1-2H3,(H,21,24). The molecule has 0 bridgehead atoms. The fourth-order valence-electron chi connectivity index (χ4n) is 3.62. The highest BCUT2D eigenvalue weighted by Crippen LogP contribution is 2.34. The molecule has 0 atom stereocenters. The molecule has 4 rings (SSSR count). The molecule has 1 aliphatic heterocycles. The maximum Gasteiger partial charge on any atom is 0.273 e. The molecule has 0 spiro atoms. The zero-order chi connectivity index (χ0) is 18.8. The summed E-state index contributed by atoms with van der Waals surface area (Å²) in [6, 6.07) is 8.03. The predicted octanol–water partition coefficient (Wildman–Crippen LogP) is 2.72. The summed E-state index contributed by atoms with van der Waals surface area (Å²) >= 11 is 0. The topological polar surface area (TPSA) is 76.8 Å². The number of likely N-dealkylation sites (tertiary alicyclic amines) is 1. The molecule has 2 aromatic rings. The van der Waals surface area contributed by atoms with Gasteiger partial charge in [0.2, 0.25) is 0 Å². The van der Waals surface area contributed by atoms with Crippen molar-refractivity contribution in [1.82, 2.24) is 15.4 Å². The zero-order valence-electron chi connectivity index (χ0n) is 15.7. The highest BCUT2D eigenvalue weighted by molar-refractivity contribution is 5.93. The fourth-order valence-corrected chi connectivity index (χ4v) is 3.62. The number of aromatic nitrogens is 1. The average molecular weight is 371 g/mol. The normalized spacial score (nSPS) is 18.3. The van der Waals surface area contributed by atoms with Crippen LogP contribution in [0.4, 0.5) is 0 Å². The Kier molecular flexibility index (Phi) is 5.03. The van der Waals surface area contributed by atoms with Crippen LogP contribution in [0.25, 0.3) is 11.3 Å². The molecule has 7 nitrogen and oxygen atoms in total. The van der Waals surface area contributed by atoms with E-state index >= 15 is 0 Å². The Hall–Kier alpha value is -2.54.